The van der Waals surface area contributed by atoms with E-state index in [0.717, 1.165) is 17.7 Å². The zero-order chi connectivity index (χ0) is 33.9. The molecule has 13 heteroatoms. The Morgan fingerprint density at radius 1 is 1.04 bits per heavy atom. The highest BCUT2D eigenvalue weighted by Crippen LogP contribution is 2.42. The normalized spacial score (nSPS) is 24.9. The standard InChI is InChI=1S/C34H44FN5O7/c1-22-16-38(27(18-39(22)33(44)45)17-37-11-12-47-20-23(37)2)19-30(41)40-21-34(3,32(43)36-15-31(42)46-4)28-10-7-25(14-29(28)40)13-24-5-8-26(35)9-6-24/h5-10,14,22-23,27H,11-13,15-21H2,1-4H3,(H,36,43)(H,44,45)/t22?,23-,27?,34?/m1/s1. The van der Waals surface area contributed by atoms with Gasteiger partial charge in [-0.3, -0.25) is 24.2 Å². The molecule has 0 saturated carbocycles. The first-order chi connectivity index (χ1) is 22.4. The largest absolute Gasteiger partial charge is 0.468 e. The molecule has 2 N–H and O–H groups in total. The number of halogens is 1. The van der Waals surface area contributed by atoms with Gasteiger partial charge in [-0.2, -0.15) is 0 Å². The van der Waals surface area contributed by atoms with Gasteiger partial charge in [-0.15, -0.1) is 0 Å². The Kier molecular flexibility index (Phi) is 10.5. The van der Waals surface area contributed by atoms with Crippen LogP contribution in [0.1, 0.15) is 37.5 Å². The van der Waals surface area contributed by atoms with Crippen molar-refractivity contribution in [3.05, 3.63) is 65.0 Å². The van der Waals surface area contributed by atoms with Crippen LogP contribution < -0.4 is 10.2 Å². The number of benzene rings is 2. The van der Waals surface area contributed by atoms with Crippen molar-refractivity contribution < 1.29 is 38.1 Å². The molecular weight excluding hydrogens is 609 g/mol. The molecule has 3 amide bonds. The fourth-order valence-electron chi connectivity index (χ4n) is 6.84. The molecule has 5 rings (SSSR count). The SMILES string of the molecule is COC(=O)CNC(=O)C1(C)CN(C(=O)CN2CC(C)N(C(=O)O)CC2CN2CCOC[C@H]2C)c2cc(Cc3ccc(F)cc3)ccc21. The Morgan fingerprint density at radius 2 is 1.77 bits per heavy atom. The summed E-state index contributed by atoms with van der Waals surface area (Å²) in [4.78, 5) is 59.2. The van der Waals surface area contributed by atoms with E-state index in [1.807, 2.05) is 25.1 Å². The second-order valence-electron chi connectivity index (χ2n) is 13.0. The Hall–Kier alpha value is -4.07. The minimum absolute atomic E-state index is 0.0304. The zero-order valence-corrected chi connectivity index (χ0v) is 27.4. The van der Waals surface area contributed by atoms with Crippen LogP contribution in [0, 0.1) is 5.82 Å². The number of hydrogen-bond acceptors (Lipinski definition) is 8. The molecular formula is C34H44FN5O7. The second-order valence-corrected chi connectivity index (χ2v) is 13.0. The number of rotatable bonds is 9. The predicted octanol–water partition coefficient (Wildman–Crippen LogP) is 2.08. The molecule has 2 aromatic carbocycles. The number of methoxy groups -OCH3 is 1. The summed E-state index contributed by atoms with van der Waals surface area (Å²) in [5.41, 5.74) is 1.88. The smallest absolute Gasteiger partial charge is 0.407 e. The van der Waals surface area contributed by atoms with Crippen LogP contribution in [0.3, 0.4) is 0 Å². The summed E-state index contributed by atoms with van der Waals surface area (Å²) in [5, 5.41) is 12.6. The molecule has 0 aromatic heterocycles. The van der Waals surface area contributed by atoms with E-state index >= 15 is 0 Å². The number of carbonyl (C=O) groups is 4. The third kappa shape index (κ3) is 7.58. The first-order valence-electron chi connectivity index (χ1n) is 16.0. The van der Waals surface area contributed by atoms with Crippen molar-refractivity contribution in [1.29, 1.82) is 0 Å². The highest BCUT2D eigenvalue weighted by Gasteiger charge is 2.47. The second kappa shape index (κ2) is 14.4. The summed E-state index contributed by atoms with van der Waals surface area (Å²) in [5.74, 6) is -1.54. The summed E-state index contributed by atoms with van der Waals surface area (Å²) in [6.07, 6.45) is -0.491. The Balaban J connectivity index is 1.42. The van der Waals surface area contributed by atoms with Gasteiger partial charge in [-0.05, 0) is 62.1 Å². The molecule has 47 heavy (non-hydrogen) atoms. The average Bonchev–Trinajstić information content (AvgIpc) is 3.35. The molecule has 2 saturated heterocycles. The summed E-state index contributed by atoms with van der Waals surface area (Å²) < 4.78 is 23.8. The quantitative estimate of drug-likeness (QED) is 0.391. The molecule has 0 aliphatic carbocycles. The Morgan fingerprint density at radius 3 is 2.45 bits per heavy atom. The van der Waals surface area contributed by atoms with Crippen molar-refractivity contribution in [2.45, 2.75) is 50.7 Å². The maximum atomic E-state index is 14.3. The van der Waals surface area contributed by atoms with Crippen molar-refractivity contribution >= 4 is 29.6 Å². The first kappa shape index (κ1) is 34.3. The molecule has 254 valence electrons. The molecule has 12 nitrogen and oxygen atoms in total. The molecule has 2 aromatic rings. The van der Waals surface area contributed by atoms with E-state index in [0.29, 0.717) is 44.0 Å². The lowest BCUT2D eigenvalue weighted by Gasteiger charge is -2.47. The maximum Gasteiger partial charge on any atom is 0.407 e. The Labute approximate surface area is 274 Å². The summed E-state index contributed by atoms with van der Waals surface area (Å²) in [6.45, 7) is 8.59. The lowest BCUT2D eigenvalue weighted by molar-refractivity contribution is -0.141. The molecule has 3 heterocycles. The number of hydrogen-bond donors (Lipinski definition) is 2. The summed E-state index contributed by atoms with van der Waals surface area (Å²) >= 11 is 0. The van der Waals surface area contributed by atoms with E-state index in [1.54, 1.807) is 24.0 Å². The highest BCUT2D eigenvalue weighted by molar-refractivity contribution is 6.03. The third-order valence-corrected chi connectivity index (χ3v) is 9.66. The van der Waals surface area contributed by atoms with Gasteiger partial charge < -0.3 is 29.7 Å². The molecule has 3 unspecified atom stereocenters. The minimum Gasteiger partial charge on any atom is -0.468 e. The van der Waals surface area contributed by atoms with Gasteiger partial charge in [0.05, 0.1) is 32.3 Å². The highest BCUT2D eigenvalue weighted by atomic mass is 19.1. The van der Waals surface area contributed by atoms with Crippen molar-refractivity contribution in [2.75, 3.05) is 71.0 Å². The van der Waals surface area contributed by atoms with Gasteiger partial charge in [0.1, 0.15) is 12.4 Å². The van der Waals surface area contributed by atoms with Gasteiger partial charge in [-0.1, -0.05) is 24.3 Å². The van der Waals surface area contributed by atoms with Crippen molar-refractivity contribution in [2.24, 2.45) is 0 Å². The number of ether oxygens (including phenoxy) is 2. The molecule has 0 bridgehead atoms. The number of anilines is 1. The van der Waals surface area contributed by atoms with E-state index in [1.165, 1.54) is 24.1 Å². The molecule has 0 radical (unpaired) electrons. The molecule has 2 fully saturated rings. The van der Waals surface area contributed by atoms with Crippen LogP contribution in [0.5, 0.6) is 0 Å². The number of carbonyl (C=O) groups excluding carboxylic acids is 3. The number of amides is 3. The minimum atomic E-state index is -1.15. The topological polar surface area (TPSA) is 132 Å². The van der Waals surface area contributed by atoms with Gasteiger partial charge in [0, 0.05) is 56.5 Å². The Bertz CT molecular complexity index is 1490. The van der Waals surface area contributed by atoms with Crippen LogP contribution in [0.15, 0.2) is 42.5 Å². The maximum absolute atomic E-state index is 14.3. The van der Waals surface area contributed by atoms with Crippen LogP contribution in [-0.4, -0.2) is 128 Å². The van der Waals surface area contributed by atoms with Gasteiger partial charge in [0.2, 0.25) is 11.8 Å². The van der Waals surface area contributed by atoms with Crippen LogP contribution in [0.2, 0.25) is 0 Å². The predicted molar refractivity (Wildman–Crippen MR) is 172 cm³/mol. The average molecular weight is 654 g/mol. The van der Waals surface area contributed by atoms with Crippen LogP contribution in [-0.2, 0) is 35.7 Å². The molecule has 4 atom stereocenters. The van der Waals surface area contributed by atoms with E-state index in [2.05, 4.69) is 22.0 Å². The van der Waals surface area contributed by atoms with Crippen molar-refractivity contribution in [1.82, 2.24) is 20.0 Å². The van der Waals surface area contributed by atoms with Crippen LogP contribution >= 0.6 is 0 Å². The van der Waals surface area contributed by atoms with Gasteiger partial charge in [-0.25, -0.2) is 9.18 Å². The number of piperazine rings is 1. The summed E-state index contributed by atoms with van der Waals surface area (Å²) in [7, 11) is 1.24. The monoisotopic (exact) mass is 653 g/mol. The van der Waals surface area contributed by atoms with E-state index in [9.17, 15) is 28.7 Å². The van der Waals surface area contributed by atoms with Crippen molar-refractivity contribution in [3.8, 4) is 0 Å². The number of carboxylic acid groups (broad SMARTS) is 1. The lowest BCUT2D eigenvalue weighted by atomic mass is 9.83. The fraction of sp³-hybridized carbons (Fsp3) is 0.529. The number of nitrogens with zero attached hydrogens (tertiary/aromatic N) is 4. The summed E-state index contributed by atoms with van der Waals surface area (Å²) in [6, 6.07) is 11.5. The number of esters is 1. The molecule has 3 aliphatic heterocycles. The number of fused-ring (bicyclic) bond motifs is 1. The van der Waals surface area contributed by atoms with Crippen molar-refractivity contribution in [3.63, 3.8) is 0 Å². The van der Waals surface area contributed by atoms with E-state index < -0.39 is 23.4 Å². The van der Waals surface area contributed by atoms with Crippen LogP contribution in [0.25, 0.3) is 0 Å². The fourth-order valence-corrected chi connectivity index (χ4v) is 6.84. The van der Waals surface area contributed by atoms with Gasteiger partial charge >= 0.3 is 12.1 Å². The van der Waals surface area contributed by atoms with Gasteiger partial charge in [0.25, 0.3) is 0 Å². The van der Waals surface area contributed by atoms with Gasteiger partial charge in [0.15, 0.2) is 0 Å². The first-order valence-corrected chi connectivity index (χ1v) is 16.0. The number of nitrogens with one attached hydrogen (secondary N) is 1. The third-order valence-electron chi connectivity index (χ3n) is 9.66. The molecule has 0 spiro atoms. The van der Waals surface area contributed by atoms with E-state index in [4.69, 9.17) is 9.47 Å². The lowest BCUT2D eigenvalue weighted by Crippen LogP contribution is -2.64. The number of morpholine rings is 1. The van der Waals surface area contributed by atoms with E-state index in [-0.39, 0.29) is 56.0 Å². The zero-order valence-electron chi connectivity index (χ0n) is 27.4. The van der Waals surface area contributed by atoms with Crippen LogP contribution in [0.4, 0.5) is 14.9 Å². The molecule has 3 aliphatic rings.